The van der Waals surface area contributed by atoms with Crippen LogP contribution in [0, 0.1) is 5.41 Å². The van der Waals surface area contributed by atoms with Crippen molar-refractivity contribution in [3.8, 4) is 0 Å². The Morgan fingerprint density at radius 2 is 1.61 bits per heavy atom. The van der Waals surface area contributed by atoms with Crippen LogP contribution in [-0.2, 0) is 25.7 Å². The summed E-state index contributed by atoms with van der Waals surface area (Å²) in [6.45, 7) is 0.431. The van der Waals surface area contributed by atoms with Crippen LogP contribution in [0.25, 0.3) is 0 Å². The number of imide groups is 3. The van der Waals surface area contributed by atoms with Gasteiger partial charge >= 0.3 is 12.1 Å². The molecule has 1 aromatic carbocycles. The Kier molecular flexibility index (Phi) is 5.49. The number of rotatable bonds is 4. The van der Waals surface area contributed by atoms with Gasteiger partial charge < -0.3 is 21.1 Å². The third kappa shape index (κ3) is 3.50. The zero-order valence-electron chi connectivity index (χ0n) is 20.9. The number of hydrogen-bond acceptors (Lipinski definition) is 8. The third-order valence-corrected chi connectivity index (χ3v) is 8.89. The van der Waals surface area contributed by atoms with Gasteiger partial charge in [0, 0.05) is 12.1 Å². The molecule has 7 amide bonds. The van der Waals surface area contributed by atoms with Gasteiger partial charge in [-0.15, -0.1) is 0 Å². The van der Waals surface area contributed by atoms with E-state index >= 15 is 0 Å². The molecular formula is C26H30N6O6. The number of barbiturate groups is 1. The van der Waals surface area contributed by atoms with E-state index in [1.54, 1.807) is 29.2 Å². The molecule has 3 saturated heterocycles. The number of urea groups is 2. The first kappa shape index (κ1) is 24.4. The van der Waals surface area contributed by atoms with Gasteiger partial charge in [0.25, 0.3) is 17.7 Å². The molecule has 5 N–H and O–H groups in total. The van der Waals surface area contributed by atoms with Crippen molar-refractivity contribution in [3.63, 3.8) is 0 Å². The number of amides is 7. The number of ether oxygens (including phenoxy) is 1. The normalized spacial score (nSPS) is 30.6. The van der Waals surface area contributed by atoms with E-state index in [0.717, 1.165) is 41.0 Å². The highest BCUT2D eigenvalue weighted by atomic mass is 16.5. The van der Waals surface area contributed by atoms with Crippen LogP contribution in [0.2, 0.25) is 0 Å². The van der Waals surface area contributed by atoms with Gasteiger partial charge in [0.1, 0.15) is 11.4 Å². The van der Waals surface area contributed by atoms with Crippen LogP contribution in [0.5, 0.6) is 0 Å². The molecule has 3 heterocycles. The van der Waals surface area contributed by atoms with Crippen molar-refractivity contribution in [1.29, 1.82) is 0 Å². The fourth-order valence-electron chi connectivity index (χ4n) is 6.79. The molecule has 200 valence electrons. The lowest BCUT2D eigenvalue weighted by Gasteiger charge is -2.57. The van der Waals surface area contributed by atoms with E-state index in [1.807, 2.05) is 6.07 Å². The highest BCUT2D eigenvalue weighted by Gasteiger charge is 2.63. The first-order chi connectivity index (χ1) is 18.2. The van der Waals surface area contributed by atoms with Crippen molar-refractivity contribution < 1.29 is 28.7 Å². The molecule has 6 rings (SSSR count). The molecule has 0 aromatic heterocycles. The molecule has 2 spiro atoms. The first-order valence-corrected chi connectivity index (χ1v) is 12.9. The van der Waals surface area contributed by atoms with E-state index in [2.05, 4.69) is 5.32 Å². The van der Waals surface area contributed by atoms with Crippen LogP contribution in [-0.4, -0.2) is 75.3 Å². The maximum atomic E-state index is 13.5. The third-order valence-electron chi connectivity index (χ3n) is 8.89. The summed E-state index contributed by atoms with van der Waals surface area (Å²) in [5, 5.41) is 2.43. The topological polar surface area (TPSA) is 168 Å². The zero-order chi connectivity index (χ0) is 26.8. The molecule has 2 aliphatic carbocycles. The first-order valence-electron chi connectivity index (χ1n) is 12.9. The Bertz CT molecular complexity index is 1250. The second kappa shape index (κ2) is 8.55. The molecule has 5 fully saturated rings. The van der Waals surface area contributed by atoms with Gasteiger partial charge in [-0.3, -0.25) is 29.5 Å². The summed E-state index contributed by atoms with van der Waals surface area (Å²) < 4.78 is 5.27. The molecule has 0 unspecified atom stereocenters. The zero-order valence-corrected chi connectivity index (χ0v) is 20.9. The van der Waals surface area contributed by atoms with Crippen LogP contribution < -0.4 is 16.8 Å². The second-order valence-corrected chi connectivity index (χ2v) is 11.1. The average molecular weight is 523 g/mol. The minimum Gasteiger partial charge on any atom is -0.385 e. The molecular weight excluding hydrogens is 492 g/mol. The standard InChI is InChI=1S/C26H30N6O6/c27-19(28)18-20(33)30(12-15-4-2-1-3-5-15)24(37)31(21(18)34)16-6-8-25(9-7-16)10-17(11-25)32-23(36)29-22(35)26(32)13-38-14-26/h1-5,16-17H,6-14,27-28H2,(H,29,35,36). The smallest absolute Gasteiger partial charge is 0.334 e. The summed E-state index contributed by atoms with van der Waals surface area (Å²) in [6.07, 6.45) is 4.14. The van der Waals surface area contributed by atoms with E-state index in [-0.39, 0.29) is 48.7 Å². The van der Waals surface area contributed by atoms with Crippen LogP contribution in [0.15, 0.2) is 41.7 Å². The Morgan fingerprint density at radius 1 is 0.947 bits per heavy atom. The Morgan fingerprint density at radius 3 is 2.18 bits per heavy atom. The van der Waals surface area contributed by atoms with Crippen LogP contribution >= 0.6 is 0 Å². The molecule has 2 saturated carbocycles. The fourth-order valence-corrected chi connectivity index (χ4v) is 6.79. The predicted molar refractivity (Wildman–Crippen MR) is 131 cm³/mol. The van der Waals surface area contributed by atoms with Gasteiger partial charge in [0.05, 0.1) is 19.8 Å². The molecule has 1 aromatic rings. The quantitative estimate of drug-likeness (QED) is 0.292. The summed E-state index contributed by atoms with van der Waals surface area (Å²) in [5.74, 6) is -2.24. The summed E-state index contributed by atoms with van der Waals surface area (Å²) >= 11 is 0. The van der Waals surface area contributed by atoms with Crippen molar-refractivity contribution in [2.75, 3.05) is 13.2 Å². The summed E-state index contributed by atoms with van der Waals surface area (Å²) in [6, 6.07) is 7.55. The molecule has 12 heteroatoms. The predicted octanol–water partition coefficient (Wildman–Crippen LogP) is 0.519. The Balaban J connectivity index is 1.16. The summed E-state index contributed by atoms with van der Waals surface area (Å²) in [4.78, 5) is 68.5. The van der Waals surface area contributed by atoms with Crippen molar-refractivity contribution in [1.82, 2.24) is 20.0 Å². The maximum absolute atomic E-state index is 13.5. The highest BCUT2D eigenvalue weighted by molar-refractivity contribution is 6.29. The largest absolute Gasteiger partial charge is 0.385 e. The minimum atomic E-state index is -0.882. The van der Waals surface area contributed by atoms with Crippen LogP contribution in [0.1, 0.15) is 44.1 Å². The Labute approximate surface area is 218 Å². The highest BCUT2D eigenvalue weighted by Crippen LogP contribution is 2.55. The minimum absolute atomic E-state index is 0.000508. The molecule has 0 atom stereocenters. The number of carbonyl (C=O) groups is 5. The number of nitrogens with two attached hydrogens (primary N) is 2. The van der Waals surface area contributed by atoms with Gasteiger partial charge in [-0.25, -0.2) is 9.59 Å². The molecule has 38 heavy (non-hydrogen) atoms. The van der Waals surface area contributed by atoms with E-state index in [0.29, 0.717) is 12.8 Å². The van der Waals surface area contributed by atoms with Gasteiger partial charge in [0.15, 0.2) is 5.54 Å². The molecule has 3 aliphatic heterocycles. The van der Waals surface area contributed by atoms with E-state index < -0.39 is 35.2 Å². The number of hydrogen-bond donors (Lipinski definition) is 3. The Hall–Kier alpha value is -3.93. The number of nitrogens with one attached hydrogen (secondary N) is 1. The van der Waals surface area contributed by atoms with E-state index in [9.17, 15) is 24.0 Å². The SMILES string of the molecule is NC(N)=C1C(=O)N(Cc2ccccc2)C(=O)N(C2CCC3(CC2)CC(N2C(=O)NC(=O)C24COC4)C3)C1=O. The van der Waals surface area contributed by atoms with Crippen molar-refractivity contribution in [3.05, 3.63) is 47.3 Å². The van der Waals surface area contributed by atoms with Gasteiger partial charge in [-0.1, -0.05) is 30.3 Å². The lowest BCUT2D eigenvalue weighted by molar-refractivity contribution is -0.167. The van der Waals surface area contributed by atoms with Gasteiger partial charge in [-0.05, 0) is 49.5 Å². The van der Waals surface area contributed by atoms with Crippen LogP contribution in [0.4, 0.5) is 9.59 Å². The summed E-state index contributed by atoms with van der Waals surface area (Å²) in [5.41, 5.74) is 10.9. The van der Waals surface area contributed by atoms with Gasteiger partial charge in [0.2, 0.25) is 0 Å². The number of carbonyl (C=O) groups excluding carboxylic acids is 5. The molecule has 12 nitrogen and oxygen atoms in total. The van der Waals surface area contributed by atoms with E-state index in [1.165, 1.54) is 0 Å². The molecule has 5 aliphatic rings. The molecule has 0 bridgehead atoms. The average Bonchev–Trinajstić information content (AvgIpc) is 3.11. The molecule has 0 radical (unpaired) electrons. The fraction of sp³-hybridized carbons (Fsp3) is 0.500. The number of nitrogens with zero attached hydrogens (tertiary/aromatic N) is 3. The second-order valence-electron chi connectivity index (χ2n) is 11.1. The summed E-state index contributed by atoms with van der Waals surface area (Å²) in [7, 11) is 0. The van der Waals surface area contributed by atoms with Gasteiger partial charge in [-0.2, -0.15) is 0 Å². The lowest BCUT2D eigenvalue weighted by Crippen LogP contribution is -2.69. The van der Waals surface area contributed by atoms with Crippen molar-refractivity contribution >= 4 is 29.8 Å². The van der Waals surface area contributed by atoms with Crippen molar-refractivity contribution in [2.24, 2.45) is 16.9 Å². The van der Waals surface area contributed by atoms with E-state index in [4.69, 9.17) is 16.2 Å². The monoisotopic (exact) mass is 522 g/mol. The number of benzene rings is 1. The lowest BCUT2D eigenvalue weighted by atomic mass is 9.57. The van der Waals surface area contributed by atoms with Crippen LogP contribution in [0.3, 0.4) is 0 Å². The van der Waals surface area contributed by atoms with Crippen molar-refractivity contribution in [2.45, 2.75) is 62.7 Å². The maximum Gasteiger partial charge on any atom is 0.334 e.